The lowest BCUT2D eigenvalue weighted by Crippen LogP contribution is -2.38. The maximum absolute atomic E-state index is 11.6. The van der Waals surface area contributed by atoms with Gasteiger partial charge >= 0.3 is 5.97 Å². The van der Waals surface area contributed by atoms with Crippen LogP contribution in [0.3, 0.4) is 0 Å². The third kappa shape index (κ3) is 8.37. The molecule has 0 amide bonds. The SMILES string of the molecule is COc1ccc(CC(C(C)CC(=O)O)[C@H]2NCCc3cc(OC)c(OC)cc32)cc1OC.O=S(=O)(O)c1ccccc1. The van der Waals surface area contributed by atoms with Gasteiger partial charge in [0.15, 0.2) is 23.0 Å². The second-order valence-electron chi connectivity index (χ2n) is 10.0. The molecule has 1 heterocycles. The molecule has 10 nitrogen and oxygen atoms in total. The second kappa shape index (κ2) is 14.9. The number of ether oxygens (including phenoxy) is 4. The zero-order valence-corrected chi connectivity index (χ0v) is 25.3. The predicted molar refractivity (Wildman–Crippen MR) is 158 cm³/mol. The lowest BCUT2D eigenvalue weighted by atomic mass is 9.75. The molecule has 228 valence electrons. The molecule has 0 saturated heterocycles. The fourth-order valence-corrected chi connectivity index (χ4v) is 5.74. The quantitative estimate of drug-likeness (QED) is 0.262. The first-order chi connectivity index (χ1) is 20.0. The van der Waals surface area contributed by atoms with Crippen LogP contribution in [0.15, 0.2) is 65.6 Å². The molecule has 0 aromatic heterocycles. The Labute approximate surface area is 247 Å². The first kappa shape index (κ1) is 32.7. The molecular formula is C31H39NO9S. The summed E-state index contributed by atoms with van der Waals surface area (Å²) in [5.41, 5.74) is 3.40. The van der Waals surface area contributed by atoms with Crippen LogP contribution in [-0.2, 0) is 27.8 Å². The van der Waals surface area contributed by atoms with Crippen molar-refractivity contribution < 1.29 is 41.8 Å². The Hall–Kier alpha value is -3.80. The van der Waals surface area contributed by atoms with Crippen LogP contribution in [0.4, 0.5) is 0 Å². The summed E-state index contributed by atoms with van der Waals surface area (Å²) in [5, 5.41) is 13.1. The second-order valence-corrected chi connectivity index (χ2v) is 11.4. The van der Waals surface area contributed by atoms with Crippen LogP contribution in [-0.4, -0.2) is 59.0 Å². The Bertz CT molecular complexity index is 1440. The number of carboxylic acids is 1. The summed E-state index contributed by atoms with van der Waals surface area (Å²) in [6.07, 6.45) is 1.67. The molecule has 3 N–H and O–H groups in total. The van der Waals surface area contributed by atoms with Crippen LogP contribution in [0.2, 0.25) is 0 Å². The van der Waals surface area contributed by atoms with Gasteiger partial charge in [0.1, 0.15) is 0 Å². The van der Waals surface area contributed by atoms with E-state index < -0.39 is 16.1 Å². The average Bonchev–Trinajstić information content (AvgIpc) is 2.98. The minimum Gasteiger partial charge on any atom is -0.493 e. The van der Waals surface area contributed by atoms with E-state index in [1.165, 1.54) is 17.7 Å². The number of carbonyl (C=O) groups is 1. The number of aliphatic carboxylic acids is 1. The number of hydrogen-bond acceptors (Lipinski definition) is 8. The first-order valence-corrected chi connectivity index (χ1v) is 14.9. The number of rotatable bonds is 11. The van der Waals surface area contributed by atoms with Gasteiger partial charge in [-0.25, -0.2) is 0 Å². The van der Waals surface area contributed by atoms with E-state index in [9.17, 15) is 18.3 Å². The monoisotopic (exact) mass is 601 g/mol. The fourth-order valence-electron chi connectivity index (χ4n) is 5.24. The highest BCUT2D eigenvalue weighted by Crippen LogP contribution is 2.41. The van der Waals surface area contributed by atoms with Gasteiger partial charge in [-0.1, -0.05) is 31.2 Å². The summed E-state index contributed by atoms with van der Waals surface area (Å²) in [6, 6.07) is 17.4. The van der Waals surface area contributed by atoms with Gasteiger partial charge in [0.05, 0.1) is 33.3 Å². The Morgan fingerprint density at radius 1 is 0.905 bits per heavy atom. The van der Waals surface area contributed by atoms with Gasteiger partial charge in [0.25, 0.3) is 10.1 Å². The highest BCUT2D eigenvalue weighted by molar-refractivity contribution is 7.85. The standard InChI is InChI=1S/C25H33NO6.C6H6O3S/c1-15(10-24(27)28)18(11-16-6-7-20(29-2)21(12-16)30-3)25-19-14-23(32-5)22(31-4)13-17(19)8-9-26-25;7-10(8,9)6-4-2-1-3-5-6/h6-7,12-15,18,25-26H,8-11H2,1-5H3,(H,27,28);1-5H,(H,7,8,9)/t15?,18?,25-;/m1./s1. The van der Waals surface area contributed by atoms with E-state index in [0.29, 0.717) is 29.4 Å². The molecule has 1 aliphatic heterocycles. The third-order valence-corrected chi connectivity index (χ3v) is 8.22. The summed E-state index contributed by atoms with van der Waals surface area (Å²) >= 11 is 0. The van der Waals surface area contributed by atoms with Crippen LogP contribution >= 0.6 is 0 Å². The van der Waals surface area contributed by atoms with Gasteiger partial charge < -0.3 is 29.4 Å². The molecule has 3 aromatic carbocycles. The van der Waals surface area contributed by atoms with E-state index in [0.717, 1.165) is 24.1 Å². The molecule has 0 spiro atoms. The molecule has 0 fully saturated rings. The van der Waals surface area contributed by atoms with Crippen molar-refractivity contribution in [3.8, 4) is 23.0 Å². The molecule has 0 bridgehead atoms. The number of nitrogens with one attached hydrogen (secondary N) is 1. The van der Waals surface area contributed by atoms with Crippen molar-refractivity contribution in [2.24, 2.45) is 11.8 Å². The summed E-state index contributed by atoms with van der Waals surface area (Å²) in [6.45, 7) is 2.83. The zero-order valence-electron chi connectivity index (χ0n) is 24.5. The Morgan fingerprint density at radius 3 is 2.05 bits per heavy atom. The van der Waals surface area contributed by atoms with Gasteiger partial charge in [-0.2, -0.15) is 8.42 Å². The summed E-state index contributed by atoms with van der Waals surface area (Å²) in [4.78, 5) is 11.5. The van der Waals surface area contributed by atoms with Crippen molar-refractivity contribution in [2.75, 3.05) is 35.0 Å². The van der Waals surface area contributed by atoms with Crippen LogP contribution < -0.4 is 24.3 Å². The van der Waals surface area contributed by atoms with E-state index in [4.69, 9.17) is 23.5 Å². The third-order valence-electron chi connectivity index (χ3n) is 7.36. The number of methoxy groups -OCH3 is 4. The van der Waals surface area contributed by atoms with Gasteiger partial charge in [0, 0.05) is 12.5 Å². The summed E-state index contributed by atoms with van der Waals surface area (Å²) < 4.78 is 51.1. The van der Waals surface area contributed by atoms with Crippen molar-refractivity contribution in [2.45, 2.75) is 37.1 Å². The number of hydrogen-bond donors (Lipinski definition) is 3. The fraction of sp³-hybridized carbons (Fsp3) is 0.387. The lowest BCUT2D eigenvalue weighted by molar-refractivity contribution is -0.138. The highest BCUT2D eigenvalue weighted by Gasteiger charge is 2.33. The molecule has 2 unspecified atom stereocenters. The van der Waals surface area contributed by atoms with E-state index in [-0.39, 0.29) is 29.2 Å². The molecular weight excluding hydrogens is 562 g/mol. The van der Waals surface area contributed by atoms with Crippen LogP contribution in [0.25, 0.3) is 0 Å². The van der Waals surface area contributed by atoms with E-state index in [2.05, 4.69) is 5.32 Å². The van der Waals surface area contributed by atoms with Crippen molar-refractivity contribution in [3.05, 3.63) is 77.4 Å². The highest BCUT2D eigenvalue weighted by atomic mass is 32.2. The van der Waals surface area contributed by atoms with Crippen molar-refractivity contribution in [3.63, 3.8) is 0 Å². The van der Waals surface area contributed by atoms with Gasteiger partial charge in [0.2, 0.25) is 0 Å². The average molecular weight is 602 g/mol. The summed E-state index contributed by atoms with van der Waals surface area (Å²) in [7, 11) is 2.49. The van der Waals surface area contributed by atoms with Gasteiger partial charge in [-0.3, -0.25) is 9.35 Å². The predicted octanol–water partition coefficient (Wildman–Crippen LogP) is 4.81. The van der Waals surface area contributed by atoms with Crippen molar-refractivity contribution in [1.82, 2.24) is 5.32 Å². The molecule has 3 aromatic rings. The lowest BCUT2D eigenvalue weighted by Gasteiger charge is -2.37. The molecule has 3 atom stereocenters. The maximum atomic E-state index is 11.6. The maximum Gasteiger partial charge on any atom is 0.303 e. The Balaban J connectivity index is 0.000000408. The summed E-state index contributed by atoms with van der Waals surface area (Å²) in [5.74, 6) is 1.91. The normalized spacial score (nSPS) is 15.7. The number of fused-ring (bicyclic) bond motifs is 1. The smallest absolute Gasteiger partial charge is 0.303 e. The molecule has 0 aliphatic carbocycles. The Morgan fingerprint density at radius 2 is 1.50 bits per heavy atom. The molecule has 11 heteroatoms. The van der Waals surface area contributed by atoms with Crippen LogP contribution in [0, 0.1) is 11.8 Å². The van der Waals surface area contributed by atoms with Crippen LogP contribution in [0.1, 0.15) is 36.1 Å². The largest absolute Gasteiger partial charge is 0.493 e. The van der Waals surface area contributed by atoms with E-state index >= 15 is 0 Å². The Kier molecular flexibility index (Phi) is 11.6. The molecule has 4 rings (SSSR count). The topological polar surface area (TPSA) is 141 Å². The van der Waals surface area contributed by atoms with E-state index in [1.54, 1.807) is 46.6 Å². The molecule has 0 radical (unpaired) electrons. The van der Waals surface area contributed by atoms with Crippen LogP contribution in [0.5, 0.6) is 23.0 Å². The zero-order chi connectivity index (χ0) is 30.9. The molecule has 0 saturated carbocycles. The minimum absolute atomic E-state index is 0.0130. The molecule has 42 heavy (non-hydrogen) atoms. The minimum atomic E-state index is -4.00. The van der Waals surface area contributed by atoms with Gasteiger partial charge in [-0.15, -0.1) is 0 Å². The van der Waals surface area contributed by atoms with E-state index in [1.807, 2.05) is 37.3 Å². The number of carboxylic acid groups (broad SMARTS) is 1. The first-order valence-electron chi connectivity index (χ1n) is 13.5. The molecule has 1 aliphatic rings. The van der Waals surface area contributed by atoms with Crippen molar-refractivity contribution >= 4 is 16.1 Å². The number of benzene rings is 3. The van der Waals surface area contributed by atoms with Gasteiger partial charge in [-0.05, 0) is 84.3 Å². The van der Waals surface area contributed by atoms with Crippen molar-refractivity contribution in [1.29, 1.82) is 0 Å².